The van der Waals surface area contributed by atoms with Crippen molar-refractivity contribution in [1.29, 1.82) is 0 Å². The molecule has 1 aromatic rings. The molecule has 3 nitrogen and oxygen atoms in total. The van der Waals surface area contributed by atoms with E-state index in [-0.39, 0.29) is 17.5 Å². The number of amides is 2. The van der Waals surface area contributed by atoms with Crippen LogP contribution in [0, 0.1) is 0 Å². The Morgan fingerprint density at radius 2 is 1.63 bits per heavy atom. The fourth-order valence-corrected chi connectivity index (χ4v) is 1.90. The predicted octanol–water partition coefficient (Wildman–Crippen LogP) is 4.29. The van der Waals surface area contributed by atoms with Crippen molar-refractivity contribution in [3.63, 3.8) is 0 Å². The van der Waals surface area contributed by atoms with Gasteiger partial charge in [-0.2, -0.15) is 0 Å². The van der Waals surface area contributed by atoms with Crippen LogP contribution in [0.2, 0.25) is 0 Å². The summed E-state index contributed by atoms with van der Waals surface area (Å²) in [5.41, 5.74) is 2.23. The largest absolute Gasteiger partial charge is 0.335 e. The molecule has 1 rings (SSSR count). The molecule has 0 radical (unpaired) electrons. The zero-order chi connectivity index (χ0) is 14.5. The Balaban J connectivity index is 2.61. The molecule has 2 N–H and O–H groups in total. The van der Waals surface area contributed by atoms with Gasteiger partial charge in [0.05, 0.1) is 0 Å². The van der Waals surface area contributed by atoms with Crippen molar-refractivity contribution >= 4 is 11.7 Å². The van der Waals surface area contributed by atoms with Crippen LogP contribution in [-0.2, 0) is 5.41 Å². The van der Waals surface area contributed by atoms with E-state index in [0.717, 1.165) is 18.5 Å². The molecular formula is C16H26N2O. The van der Waals surface area contributed by atoms with Crippen LogP contribution in [0.3, 0.4) is 0 Å². The maximum atomic E-state index is 11.8. The summed E-state index contributed by atoms with van der Waals surface area (Å²) in [4.78, 5) is 11.8. The summed E-state index contributed by atoms with van der Waals surface area (Å²) in [5, 5.41) is 5.83. The third kappa shape index (κ3) is 4.93. The number of anilines is 1. The molecule has 1 aromatic carbocycles. The highest BCUT2D eigenvalue weighted by Gasteiger charge is 2.13. The van der Waals surface area contributed by atoms with Crippen molar-refractivity contribution in [3.8, 4) is 0 Å². The number of rotatable bonds is 4. The van der Waals surface area contributed by atoms with Crippen molar-refractivity contribution in [2.24, 2.45) is 0 Å². The first-order chi connectivity index (χ1) is 8.86. The Bertz CT molecular complexity index is 400. The third-order valence-corrected chi connectivity index (χ3v) is 3.33. The SMILES string of the molecule is CCC(CC)NC(=O)Nc1ccc(C(C)(C)C)cc1. The van der Waals surface area contributed by atoms with Crippen LogP contribution in [0.15, 0.2) is 24.3 Å². The van der Waals surface area contributed by atoms with Gasteiger partial charge in [0, 0.05) is 11.7 Å². The minimum atomic E-state index is -0.128. The van der Waals surface area contributed by atoms with Crippen LogP contribution in [0.5, 0.6) is 0 Å². The lowest BCUT2D eigenvalue weighted by molar-refractivity contribution is 0.247. The van der Waals surface area contributed by atoms with E-state index in [1.807, 2.05) is 12.1 Å². The highest BCUT2D eigenvalue weighted by Crippen LogP contribution is 2.23. The minimum absolute atomic E-state index is 0.128. The lowest BCUT2D eigenvalue weighted by Gasteiger charge is -2.19. The van der Waals surface area contributed by atoms with Crippen LogP contribution in [-0.4, -0.2) is 12.1 Å². The van der Waals surface area contributed by atoms with Gasteiger partial charge in [-0.3, -0.25) is 0 Å². The van der Waals surface area contributed by atoms with E-state index in [2.05, 4.69) is 57.4 Å². The van der Waals surface area contributed by atoms with E-state index in [4.69, 9.17) is 0 Å². The fraction of sp³-hybridized carbons (Fsp3) is 0.562. The summed E-state index contributed by atoms with van der Waals surface area (Å²) in [5.74, 6) is 0. The van der Waals surface area contributed by atoms with Crippen LogP contribution in [0.4, 0.5) is 10.5 Å². The normalized spacial score (nSPS) is 11.5. The van der Waals surface area contributed by atoms with Gasteiger partial charge >= 0.3 is 6.03 Å². The zero-order valence-corrected chi connectivity index (χ0v) is 12.7. The van der Waals surface area contributed by atoms with E-state index in [1.165, 1.54) is 5.56 Å². The predicted molar refractivity (Wildman–Crippen MR) is 81.7 cm³/mol. The molecule has 0 saturated heterocycles. The van der Waals surface area contributed by atoms with Crippen molar-refractivity contribution in [2.45, 2.75) is 58.9 Å². The Hall–Kier alpha value is -1.51. The molecule has 0 unspecified atom stereocenters. The Morgan fingerprint density at radius 1 is 1.11 bits per heavy atom. The highest BCUT2D eigenvalue weighted by atomic mass is 16.2. The van der Waals surface area contributed by atoms with Crippen molar-refractivity contribution in [1.82, 2.24) is 5.32 Å². The van der Waals surface area contributed by atoms with Crippen LogP contribution in [0.1, 0.15) is 53.0 Å². The van der Waals surface area contributed by atoms with E-state index >= 15 is 0 Å². The zero-order valence-electron chi connectivity index (χ0n) is 12.7. The van der Waals surface area contributed by atoms with Gasteiger partial charge in [-0.25, -0.2) is 4.79 Å². The minimum Gasteiger partial charge on any atom is -0.335 e. The summed E-state index contributed by atoms with van der Waals surface area (Å²) < 4.78 is 0. The van der Waals surface area contributed by atoms with E-state index in [9.17, 15) is 4.79 Å². The number of hydrogen-bond acceptors (Lipinski definition) is 1. The van der Waals surface area contributed by atoms with Crippen LogP contribution < -0.4 is 10.6 Å². The molecule has 0 fully saturated rings. The molecule has 0 spiro atoms. The summed E-state index contributed by atoms with van der Waals surface area (Å²) in [6.45, 7) is 10.7. The van der Waals surface area contributed by atoms with E-state index < -0.39 is 0 Å². The number of urea groups is 1. The molecule has 3 heteroatoms. The Morgan fingerprint density at radius 3 is 2.05 bits per heavy atom. The molecule has 0 aliphatic rings. The lowest BCUT2D eigenvalue weighted by Crippen LogP contribution is -2.37. The molecule has 0 aromatic heterocycles. The van der Waals surface area contributed by atoms with Crippen molar-refractivity contribution in [2.75, 3.05) is 5.32 Å². The number of hydrogen-bond donors (Lipinski definition) is 2. The van der Waals surface area contributed by atoms with Gasteiger partial charge in [-0.15, -0.1) is 0 Å². The second-order valence-corrected chi connectivity index (χ2v) is 5.94. The standard InChI is InChI=1S/C16H26N2O/c1-6-13(7-2)17-15(19)18-14-10-8-12(9-11-14)16(3,4)5/h8-11,13H,6-7H2,1-5H3,(H2,17,18,19). The van der Waals surface area contributed by atoms with Crippen molar-refractivity contribution in [3.05, 3.63) is 29.8 Å². The smallest absolute Gasteiger partial charge is 0.319 e. The molecule has 19 heavy (non-hydrogen) atoms. The highest BCUT2D eigenvalue weighted by molar-refractivity contribution is 5.89. The lowest BCUT2D eigenvalue weighted by atomic mass is 9.87. The maximum Gasteiger partial charge on any atom is 0.319 e. The number of carbonyl (C=O) groups is 1. The molecule has 0 aliphatic carbocycles. The Kier molecular flexibility index (Phi) is 5.40. The van der Waals surface area contributed by atoms with Gasteiger partial charge < -0.3 is 10.6 Å². The topological polar surface area (TPSA) is 41.1 Å². The molecule has 0 aliphatic heterocycles. The van der Waals surface area contributed by atoms with Gasteiger partial charge in [-0.1, -0.05) is 46.8 Å². The second-order valence-electron chi connectivity index (χ2n) is 5.94. The summed E-state index contributed by atoms with van der Waals surface area (Å²) >= 11 is 0. The average molecular weight is 262 g/mol. The molecule has 106 valence electrons. The molecular weight excluding hydrogens is 236 g/mol. The number of benzene rings is 1. The molecule has 0 bridgehead atoms. The average Bonchev–Trinajstić information content (AvgIpc) is 2.35. The Labute approximate surface area is 116 Å². The molecule has 2 amide bonds. The quantitative estimate of drug-likeness (QED) is 0.834. The molecule has 0 heterocycles. The van der Waals surface area contributed by atoms with Crippen LogP contribution in [0.25, 0.3) is 0 Å². The van der Waals surface area contributed by atoms with Gasteiger partial charge in [0.2, 0.25) is 0 Å². The van der Waals surface area contributed by atoms with Gasteiger partial charge in [0.25, 0.3) is 0 Å². The molecule has 0 atom stereocenters. The van der Waals surface area contributed by atoms with Crippen molar-refractivity contribution < 1.29 is 4.79 Å². The van der Waals surface area contributed by atoms with E-state index in [0.29, 0.717) is 0 Å². The van der Waals surface area contributed by atoms with Gasteiger partial charge in [0.1, 0.15) is 0 Å². The number of carbonyl (C=O) groups excluding carboxylic acids is 1. The monoisotopic (exact) mass is 262 g/mol. The van der Waals surface area contributed by atoms with E-state index in [1.54, 1.807) is 0 Å². The molecule has 0 saturated carbocycles. The summed E-state index contributed by atoms with van der Waals surface area (Å²) in [7, 11) is 0. The second kappa shape index (κ2) is 6.60. The summed E-state index contributed by atoms with van der Waals surface area (Å²) in [6, 6.07) is 8.14. The third-order valence-electron chi connectivity index (χ3n) is 3.33. The van der Waals surface area contributed by atoms with Crippen LogP contribution >= 0.6 is 0 Å². The number of nitrogens with one attached hydrogen (secondary N) is 2. The first-order valence-electron chi connectivity index (χ1n) is 7.04. The van der Waals surface area contributed by atoms with Gasteiger partial charge in [0.15, 0.2) is 0 Å². The first kappa shape index (κ1) is 15.5. The summed E-state index contributed by atoms with van der Waals surface area (Å²) in [6.07, 6.45) is 1.90. The maximum absolute atomic E-state index is 11.8. The fourth-order valence-electron chi connectivity index (χ4n) is 1.90. The van der Waals surface area contributed by atoms with Gasteiger partial charge in [-0.05, 0) is 36.0 Å². The first-order valence-corrected chi connectivity index (χ1v) is 7.04.